The van der Waals surface area contributed by atoms with Crippen molar-refractivity contribution in [2.75, 3.05) is 7.05 Å². The van der Waals surface area contributed by atoms with E-state index in [1.165, 1.54) is 22.7 Å². The van der Waals surface area contributed by atoms with Crippen molar-refractivity contribution in [3.63, 3.8) is 0 Å². The van der Waals surface area contributed by atoms with Crippen LogP contribution in [0.25, 0.3) is 0 Å². The number of hydrogen-bond donors (Lipinski definition) is 3. The van der Waals surface area contributed by atoms with Gasteiger partial charge in [0.2, 0.25) is 5.91 Å². The number of carbonyl (C=O) groups is 3. The molecule has 0 saturated heterocycles. The van der Waals surface area contributed by atoms with Gasteiger partial charge in [-0.05, 0) is 42.7 Å². The Bertz CT molecular complexity index is 1470. The zero-order chi connectivity index (χ0) is 32.7. The van der Waals surface area contributed by atoms with Crippen molar-refractivity contribution in [3.05, 3.63) is 105 Å². The molecule has 2 heterocycles. The number of ether oxygens (including phenoxy) is 1. The van der Waals surface area contributed by atoms with Crippen LogP contribution >= 0.6 is 22.7 Å². The molecule has 46 heavy (non-hydrogen) atoms. The lowest BCUT2D eigenvalue weighted by molar-refractivity contribution is -0.124. The minimum Gasteiger partial charge on any atom is -0.444 e. The summed E-state index contributed by atoms with van der Waals surface area (Å²) in [5.74, 6) is -0.383. The molecular weight excluding hydrogens is 621 g/mol. The summed E-state index contributed by atoms with van der Waals surface area (Å²) in [6, 6.07) is 18.4. The molecule has 4 amide bonds. The number of urea groups is 1. The zero-order valence-corrected chi connectivity index (χ0v) is 28.1. The molecule has 3 atom stereocenters. The molecule has 10 nitrogen and oxygen atoms in total. The molecule has 4 rings (SSSR count). The summed E-state index contributed by atoms with van der Waals surface area (Å²) in [5, 5.41) is 9.19. The second-order valence-electron chi connectivity index (χ2n) is 11.5. The number of carbonyl (C=O) groups excluding carboxylic acids is 3. The predicted molar refractivity (Wildman–Crippen MR) is 181 cm³/mol. The van der Waals surface area contributed by atoms with Gasteiger partial charge in [-0.3, -0.25) is 14.8 Å². The van der Waals surface area contributed by atoms with Crippen molar-refractivity contribution in [1.82, 2.24) is 30.8 Å². The van der Waals surface area contributed by atoms with E-state index in [1.54, 1.807) is 35.4 Å². The summed E-state index contributed by atoms with van der Waals surface area (Å²) < 4.78 is 5.47. The quantitative estimate of drug-likeness (QED) is 0.139. The van der Waals surface area contributed by atoms with Crippen LogP contribution < -0.4 is 16.0 Å². The van der Waals surface area contributed by atoms with Crippen LogP contribution in [0.2, 0.25) is 0 Å². The fourth-order valence-corrected chi connectivity index (χ4v) is 6.16. The lowest BCUT2D eigenvalue weighted by Gasteiger charge is -2.28. The van der Waals surface area contributed by atoms with Crippen LogP contribution in [0.4, 0.5) is 9.59 Å². The first-order valence-corrected chi connectivity index (χ1v) is 17.1. The molecule has 2 aromatic carbocycles. The van der Waals surface area contributed by atoms with Crippen molar-refractivity contribution < 1.29 is 19.1 Å². The van der Waals surface area contributed by atoms with Crippen molar-refractivity contribution in [2.24, 2.45) is 5.92 Å². The van der Waals surface area contributed by atoms with Gasteiger partial charge >= 0.3 is 12.1 Å². The first-order chi connectivity index (χ1) is 22.3. The topological polar surface area (TPSA) is 126 Å². The summed E-state index contributed by atoms with van der Waals surface area (Å²) in [7, 11) is 1.70. The summed E-state index contributed by atoms with van der Waals surface area (Å²) >= 11 is 2.90. The number of thiazole rings is 2. The molecule has 0 aliphatic rings. The number of rotatable bonds is 16. The summed E-state index contributed by atoms with van der Waals surface area (Å²) in [5.41, 5.74) is 5.60. The Balaban J connectivity index is 1.43. The molecule has 0 bridgehead atoms. The van der Waals surface area contributed by atoms with E-state index in [9.17, 15) is 14.4 Å². The number of benzene rings is 2. The molecule has 244 valence electrons. The number of hydrogen-bond acceptors (Lipinski definition) is 8. The third-order valence-electron chi connectivity index (χ3n) is 7.46. The van der Waals surface area contributed by atoms with E-state index in [2.05, 4.69) is 25.9 Å². The Morgan fingerprint density at radius 1 is 0.783 bits per heavy atom. The Labute approximate surface area is 278 Å². The van der Waals surface area contributed by atoms with E-state index in [4.69, 9.17) is 4.74 Å². The average molecular weight is 663 g/mol. The van der Waals surface area contributed by atoms with Gasteiger partial charge in [-0.25, -0.2) is 9.59 Å². The molecule has 12 heteroatoms. The summed E-state index contributed by atoms with van der Waals surface area (Å²) in [4.78, 5) is 51.1. The van der Waals surface area contributed by atoms with Crippen LogP contribution in [0.3, 0.4) is 0 Å². The minimum absolute atomic E-state index is 0.140. The molecule has 0 aliphatic heterocycles. The van der Waals surface area contributed by atoms with Gasteiger partial charge in [0.15, 0.2) is 0 Å². The molecule has 1 unspecified atom stereocenters. The third-order valence-corrected chi connectivity index (χ3v) is 8.98. The third kappa shape index (κ3) is 11.6. The number of aromatic nitrogens is 2. The first-order valence-electron chi connectivity index (χ1n) is 15.3. The van der Waals surface area contributed by atoms with Crippen LogP contribution in [-0.4, -0.2) is 58.1 Å². The maximum Gasteiger partial charge on any atom is 0.407 e. The summed E-state index contributed by atoms with van der Waals surface area (Å²) in [6.07, 6.45) is 5.32. The maximum absolute atomic E-state index is 13.7. The van der Waals surface area contributed by atoms with Gasteiger partial charge in [0.05, 0.1) is 22.4 Å². The minimum atomic E-state index is -0.727. The van der Waals surface area contributed by atoms with Crippen molar-refractivity contribution in [1.29, 1.82) is 0 Å². The molecule has 4 aromatic rings. The fraction of sp³-hybridized carbons (Fsp3) is 0.382. The van der Waals surface area contributed by atoms with Crippen molar-refractivity contribution in [3.8, 4) is 0 Å². The normalized spacial score (nSPS) is 13.0. The largest absolute Gasteiger partial charge is 0.444 e. The van der Waals surface area contributed by atoms with E-state index in [-0.39, 0.29) is 36.5 Å². The molecule has 0 spiro atoms. The first kappa shape index (κ1) is 34.6. The number of amides is 4. The SMILES string of the molecule is CC(C)[C@H](NC(=O)N(C)Cc1cncs1)C(=O)N[C@@H](CCC(Cc1ccccc1)NC(=O)OCc1cncs1)Cc1ccccc1. The molecule has 3 N–H and O–H groups in total. The summed E-state index contributed by atoms with van der Waals surface area (Å²) in [6.45, 7) is 4.39. The lowest BCUT2D eigenvalue weighted by atomic mass is 9.95. The van der Waals surface area contributed by atoms with Gasteiger partial charge in [0.25, 0.3) is 0 Å². The van der Waals surface area contributed by atoms with Crippen LogP contribution in [-0.2, 0) is 35.5 Å². The van der Waals surface area contributed by atoms with Gasteiger partial charge in [-0.1, -0.05) is 74.5 Å². The molecular formula is C34H42N6O4S2. The van der Waals surface area contributed by atoms with Crippen LogP contribution in [0.15, 0.2) is 84.1 Å². The van der Waals surface area contributed by atoms with Crippen molar-refractivity contribution in [2.45, 2.75) is 70.8 Å². The van der Waals surface area contributed by atoms with Crippen LogP contribution in [0.5, 0.6) is 0 Å². The lowest BCUT2D eigenvalue weighted by Crippen LogP contribution is -2.54. The molecule has 0 saturated carbocycles. The van der Waals surface area contributed by atoms with Crippen LogP contribution in [0, 0.1) is 5.92 Å². The highest BCUT2D eigenvalue weighted by atomic mass is 32.1. The van der Waals surface area contributed by atoms with Gasteiger partial charge in [-0.2, -0.15) is 0 Å². The Morgan fingerprint density at radius 2 is 1.33 bits per heavy atom. The van der Waals surface area contributed by atoms with E-state index in [1.807, 2.05) is 74.5 Å². The second kappa shape index (κ2) is 18.0. The number of nitrogens with one attached hydrogen (secondary N) is 3. The van der Waals surface area contributed by atoms with Crippen molar-refractivity contribution >= 4 is 40.7 Å². The van der Waals surface area contributed by atoms with E-state index < -0.39 is 12.1 Å². The predicted octanol–water partition coefficient (Wildman–Crippen LogP) is 5.81. The average Bonchev–Trinajstić information content (AvgIpc) is 3.77. The Morgan fingerprint density at radius 3 is 1.85 bits per heavy atom. The highest BCUT2D eigenvalue weighted by Crippen LogP contribution is 2.16. The highest BCUT2D eigenvalue weighted by molar-refractivity contribution is 7.09. The Hall–Kier alpha value is -4.29. The van der Waals surface area contributed by atoms with Gasteiger partial charge < -0.3 is 25.6 Å². The zero-order valence-electron chi connectivity index (χ0n) is 26.4. The molecule has 2 aromatic heterocycles. The second-order valence-corrected chi connectivity index (χ2v) is 13.5. The van der Waals surface area contributed by atoms with Gasteiger partial charge in [0, 0.05) is 36.4 Å². The monoisotopic (exact) mass is 662 g/mol. The molecule has 0 aliphatic carbocycles. The number of alkyl carbamates (subject to hydrolysis) is 1. The smallest absolute Gasteiger partial charge is 0.407 e. The molecule has 0 fully saturated rings. The van der Waals surface area contributed by atoms with Gasteiger partial charge in [0.1, 0.15) is 12.6 Å². The highest BCUT2D eigenvalue weighted by Gasteiger charge is 2.28. The van der Waals surface area contributed by atoms with Crippen LogP contribution in [0.1, 0.15) is 47.6 Å². The maximum atomic E-state index is 13.7. The Kier molecular flexibility index (Phi) is 13.5. The van der Waals surface area contributed by atoms with E-state index in [0.717, 1.165) is 20.9 Å². The molecule has 0 radical (unpaired) electrons. The fourth-order valence-electron chi connectivity index (χ4n) is 5.00. The van der Waals surface area contributed by atoms with E-state index in [0.29, 0.717) is 32.2 Å². The number of nitrogens with zero attached hydrogens (tertiary/aromatic N) is 3. The standard InChI is InChI=1S/C34H42N6O4S2/c1-24(2)31(39-33(42)40(3)20-29-18-35-22-45-29)32(41)37-27(16-25-10-6-4-7-11-25)14-15-28(17-26-12-8-5-9-13-26)38-34(43)44-21-30-19-36-23-46-30/h4-13,18-19,22-24,27-28,31H,14-17,20-21H2,1-3H3,(H,37,41)(H,38,43)(H,39,42)/t27-,28?,31-/m0/s1. The van der Waals surface area contributed by atoms with Gasteiger partial charge in [-0.15, -0.1) is 22.7 Å². The van der Waals surface area contributed by atoms with E-state index >= 15 is 0 Å².